The summed E-state index contributed by atoms with van der Waals surface area (Å²) in [5.74, 6) is 0.0619. The molecule has 1 saturated carbocycles. The maximum Gasteiger partial charge on any atom is 0.435 e. The summed E-state index contributed by atoms with van der Waals surface area (Å²) in [5.41, 5.74) is -1.75. The van der Waals surface area contributed by atoms with Crippen molar-refractivity contribution in [1.82, 2.24) is 5.32 Å². The summed E-state index contributed by atoms with van der Waals surface area (Å²) < 4.78 is 42.5. The molecule has 1 atom stereocenters. The van der Waals surface area contributed by atoms with Crippen molar-refractivity contribution in [2.24, 2.45) is 5.16 Å². The largest absolute Gasteiger partial charge is 0.435 e. The molecule has 2 aliphatic rings. The van der Waals surface area contributed by atoms with Gasteiger partial charge in [-0.05, 0) is 61.2 Å². The number of amides is 1. The van der Waals surface area contributed by atoms with Crippen LogP contribution in [-0.2, 0) is 10.4 Å². The van der Waals surface area contributed by atoms with Gasteiger partial charge in [0.05, 0.1) is 11.3 Å². The Morgan fingerprint density at radius 3 is 2.34 bits per heavy atom. The zero-order valence-electron chi connectivity index (χ0n) is 16.8. The second-order valence-corrected chi connectivity index (χ2v) is 9.33. The van der Waals surface area contributed by atoms with Crippen molar-refractivity contribution in [2.45, 2.75) is 43.5 Å². The molecule has 170 valence electrons. The highest BCUT2D eigenvalue weighted by molar-refractivity contribution is 6.34. The van der Waals surface area contributed by atoms with E-state index in [4.69, 9.17) is 39.6 Å². The lowest BCUT2D eigenvalue weighted by atomic mass is 9.86. The molecule has 4 nitrogen and oxygen atoms in total. The first kappa shape index (κ1) is 23.2. The molecule has 0 spiro atoms. The van der Waals surface area contributed by atoms with Crippen LogP contribution in [0.5, 0.6) is 0 Å². The summed E-state index contributed by atoms with van der Waals surface area (Å²) in [4.78, 5) is 17.6. The Morgan fingerprint density at radius 1 is 1.16 bits per heavy atom. The fraction of sp³-hybridized carbons (Fsp3) is 0.364. The number of rotatable bonds is 5. The molecule has 1 aliphatic heterocycles. The van der Waals surface area contributed by atoms with Gasteiger partial charge in [0.25, 0.3) is 11.5 Å². The smallest absolute Gasteiger partial charge is 0.374 e. The quantitative estimate of drug-likeness (QED) is 0.479. The Balaban J connectivity index is 1.61. The molecule has 1 aliphatic carbocycles. The van der Waals surface area contributed by atoms with Crippen LogP contribution < -0.4 is 5.32 Å². The molecule has 32 heavy (non-hydrogen) atoms. The van der Waals surface area contributed by atoms with E-state index in [1.54, 1.807) is 25.1 Å². The van der Waals surface area contributed by atoms with Crippen LogP contribution in [0.1, 0.15) is 46.3 Å². The molecule has 1 heterocycles. The Morgan fingerprint density at radius 2 is 1.81 bits per heavy atom. The zero-order chi connectivity index (χ0) is 23.3. The molecule has 1 amide bonds. The van der Waals surface area contributed by atoms with Crippen molar-refractivity contribution < 1.29 is 22.8 Å². The van der Waals surface area contributed by atoms with Crippen molar-refractivity contribution >= 4 is 46.4 Å². The Bertz CT molecular complexity index is 1100. The number of carbonyl (C=O) groups excluding carboxylic acids is 1. The number of carbonyl (C=O) groups is 1. The minimum absolute atomic E-state index is 0.0600. The maximum absolute atomic E-state index is 14.2. The maximum atomic E-state index is 14.2. The van der Waals surface area contributed by atoms with E-state index < -0.39 is 18.2 Å². The summed E-state index contributed by atoms with van der Waals surface area (Å²) >= 11 is 17.8. The number of aryl methyl sites for hydroxylation is 1. The Hall–Kier alpha value is -1.96. The van der Waals surface area contributed by atoms with Crippen LogP contribution >= 0.6 is 34.8 Å². The Kier molecular flexibility index (Phi) is 5.89. The zero-order valence-corrected chi connectivity index (χ0v) is 19.1. The van der Waals surface area contributed by atoms with Gasteiger partial charge in [-0.2, -0.15) is 13.2 Å². The summed E-state index contributed by atoms with van der Waals surface area (Å²) in [7, 11) is 0. The molecule has 1 fully saturated rings. The monoisotopic (exact) mass is 504 g/mol. The van der Waals surface area contributed by atoms with Gasteiger partial charge in [0.1, 0.15) is 0 Å². The average Bonchev–Trinajstić information content (AvgIpc) is 3.31. The van der Waals surface area contributed by atoms with Gasteiger partial charge < -0.3 is 10.2 Å². The molecule has 0 aromatic heterocycles. The van der Waals surface area contributed by atoms with Gasteiger partial charge in [-0.25, -0.2) is 0 Å². The fourth-order valence-corrected chi connectivity index (χ4v) is 4.55. The van der Waals surface area contributed by atoms with Crippen LogP contribution in [0.15, 0.2) is 41.6 Å². The third-order valence-corrected chi connectivity index (χ3v) is 6.76. The lowest BCUT2D eigenvalue weighted by Gasteiger charge is -2.29. The second kappa shape index (κ2) is 8.12. The summed E-state index contributed by atoms with van der Waals surface area (Å²) in [5, 5.41) is 6.80. The molecule has 1 N–H and O–H groups in total. The van der Waals surface area contributed by atoms with Crippen LogP contribution in [-0.4, -0.2) is 29.2 Å². The normalized spacial score (nSPS) is 21.7. The molecule has 0 radical (unpaired) electrons. The lowest BCUT2D eigenvalue weighted by Crippen LogP contribution is -2.42. The van der Waals surface area contributed by atoms with Crippen molar-refractivity contribution in [3.8, 4) is 0 Å². The van der Waals surface area contributed by atoms with Gasteiger partial charge in [0.15, 0.2) is 0 Å². The number of alkyl halides is 4. The van der Waals surface area contributed by atoms with E-state index in [-0.39, 0.29) is 32.8 Å². The van der Waals surface area contributed by atoms with E-state index >= 15 is 0 Å². The number of hydrogen-bond donors (Lipinski definition) is 1. The first-order valence-electron chi connectivity index (χ1n) is 9.76. The second-order valence-electron chi connectivity index (χ2n) is 8.19. The predicted molar refractivity (Wildman–Crippen MR) is 118 cm³/mol. The summed E-state index contributed by atoms with van der Waals surface area (Å²) in [6.07, 6.45) is -3.70. The molecule has 10 heteroatoms. The first-order valence-corrected chi connectivity index (χ1v) is 11.1. The fourth-order valence-electron chi connectivity index (χ4n) is 3.69. The molecular formula is C22H18Cl3F3N2O2. The van der Waals surface area contributed by atoms with Crippen molar-refractivity contribution in [3.63, 3.8) is 0 Å². The van der Waals surface area contributed by atoms with Crippen molar-refractivity contribution in [1.29, 1.82) is 0 Å². The van der Waals surface area contributed by atoms with Crippen LogP contribution in [0.25, 0.3) is 0 Å². The van der Waals surface area contributed by atoms with E-state index in [0.29, 0.717) is 22.6 Å². The lowest BCUT2D eigenvalue weighted by molar-refractivity contribution is -0.275. The minimum atomic E-state index is -4.78. The van der Waals surface area contributed by atoms with E-state index in [9.17, 15) is 18.0 Å². The highest BCUT2D eigenvalue weighted by atomic mass is 35.5. The molecule has 1 unspecified atom stereocenters. The standard InChI is InChI=1S/C22H18Cl3F3N2O2/c1-12-6-13(2-3-17(12)19(31)29-20(11-23)4-5-20)18-10-21(32-30-18,22(26,27)28)14-7-15(24)9-16(25)8-14/h2-3,6-9H,4-5,10-11H2,1H3,(H,29,31). The van der Waals surface area contributed by atoms with E-state index in [0.717, 1.165) is 12.8 Å². The number of hydrogen-bond acceptors (Lipinski definition) is 3. The third-order valence-electron chi connectivity index (χ3n) is 5.81. The van der Waals surface area contributed by atoms with Crippen molar-refractivity contribution in [3.05, 3.63) is 68.7 Å². The summed E-state index contributed by atoms with van der Waals surface area (Å²) in [6, 6.07) is 8.43. The van der Waals surface area contributed by atoms with Crippen molar-refractivity contribution in [2.75, 3.05) is 5.88 Å². The van der Waals surface area contributed by atoms with Gasteiger partial charge in [0, 0.05) is 33.5 Å². The summed E-state index contributed by atoms with van der Waals surface area (Å²) in [6.45, 7) is 1.71. The van der Waals surface area contributed by atoms with Crippen LogP contribution in [0.2, 0.25) is 10.0 Å². The van der Waals surface area contributed by atoms with Gasteiger partial charge in [0.2, 0.25) is 0 Å². The van der Waals surface area contributed by atoms with Crippen LogP contribution in [0.4, 0.5) is 13.2 Å². The number of oxime groups is 1. The predicted octanol–water partition coefficient (Wildman–Crippen LogP) is 6.39. The average molecular weight is 506 g/mol. The topological polar surface area (TPSA) is 50.7 Å². The molecule has 4 rings (SSSR count). The molecular weight excluding hydrogens is 488 g/mol. The van der Waals surface area contributed by atoms with E-state index in [1.165, 1.54) is 18.2 Å². The van der Waals surface area contributed by atoms with Crippen LogP contribution in [0, 0.1) is 6.92 Å². The number of benzene rings is 2. The minimum Gasteiger partial charge on any atom is -0.374 e. The number of halogens is 6. The van der Waals surface area contributed by atoms with Crippen LogP contribution in [0.3, 0.4) is 0 Å². The molecule has 2 aromatic carbocycles. The van der Waals surface area contributed by atoms with E-state index in [2.05, 4.69) is 10.5 Å². The molecule has 0 bridgehead atoms. The number of nitrogens with zero attached hydrogens (tertiary/aromatic N) is 1. The third kappa shape index (κ3) is 4.18. The van der Waals surface area contributed by atoms with Gasteiger partial charge in [-0.15, -0.1) is 11.6 Å². The van der Waals surface area contributed by atoms with Gasteiger partial charge >= 0.3 is 6.18 Å². The van der Waals surface area contributed by atoms with Gasteiger partial charge in [-0.1, -0.05) is 34.4 Å². The Labute approximate surface area is 197 Å². The molecule has 2 aromatic rings. The highest BCUT2D eigenvalue weighted by Gasteiger charge is 2.62. The number of nitrogens with one attached hydrogen (secondary N) is 1. The molecule has 0 saturated heterocycles. The highest BCUT2D eigenvalue weighted by Crippen LogP contribution is 2.49. The van der Waals surface area contributed by atoms with E-state index in [1.807, 2.05) is 0 Å². The van der Waals surface area contributed by atoms with Gasteiger partial charge in [-0.3, -0.25) is 4.79 Å². The SMILES string of the molecule is Cc1cc(C2=NOC(c3cc(Cl)cc(Cl)c3)(C(F)(F)F)C2)ccc1C(=O)NC1(CCl)CC1. The first-order chi connectivity index (χ1) is 15.0.